The summed E-state index contributed by atoms with van der Waals surface area (Å²) in [5.41, 5.74) is 13.9. The van der Waals surface area contributed by atoms with Crippen LogP contribution in [0.1, 0.15) is 0 Å². The molecule has 0 aliphatic rings. The van der Waals surface area contributed by atoms with Gasteiger partial charge in [-0.2, -0.15) is 0 Å². The van der Waals surface area contributed by atoms with Crippen molar-refractivity contribution in [1.82, 2.24) is 0 Å². The van der Waals surface area contributed by atoms with Gasteiger partial charge >= 0.3 is 0 Å². The van der Waals surface area contributed by atoms with Crippen molar-refractivity contribution in [3.63, 3.8) is 0 Å². The van der Waals surface area contributed by atoms with Crippen molar-refractivity contribution in [3.05, 3.63) is 255 Å². The molecule has 0 fully saturated rings. The van der Waals surface area contributed by atoms with E-state index in [1.807, 2.05) is 11.3 Å². The van der Waals surface area contributed by atoms with Crippen LogP contribution in [0, 0.1) is 0 Å². The maximum Gasteiger partial charge on any atom is 0.0476 e. The van der Waals surface area contributed by atoms with E-state index in [1.54, 1.807) is 0 Å². The quantitative estimate of drug-likeness (QED) is 0.134. The number of para-hydroxylation sites is 2. The van der Waals surface area contributed by atoms with E-state index < -0.39 is 0 Å². The molecular weight excluding hydrogens is 805 g/mol. The molecule has 1 aromatic heterocycles. The van der Waals surface area contributed by atoms with Crippen LogP contribution in [0.25, 0.3) is 75.1 Å². The summed E-state index contributed by atoms with van der Waals surface area (Å²) in [7, 11) is 0. The molecule has 0 aliphatic carbocycles. The molecule has 0 saturated heterocycles. The highest BCUT2D eigenvalue weighted by Crippen LogP contribution is 2.47. The number of hydrogen-bond acceptors (Lipinski definition) is 3. The van der Waals surface area contributed by atoms with Gasteiger partial charge in [-0.3, -0.25) is 0 Å². The molecule has 0 saturated carbocycles. The van der Waals surface area contributed by atoms with E-state index in [4.69, 9.17) is 0 Å². The van der Waals surface area contributed by atoms with Crippen LogP contribution in [0.3, 0.4) is 0 Å². The smallest absolute Gasteiger partial charge is 0.0476 e. The Morgan fingerprint density at radius 2 is 0.600 bits per heavy atom. The summed E-state index contributed by atoms with van der Waals surface area (Å²) < 4.78 is 2.60. The third kappa shape index (κ3) is 7.09. The summed E-state index contributed by atoms with van der Waals surface area (Å²) >= 11 is 1.90. The van der Waals surface area contributed by atoms with Crippen molar-refractivity contribution >= 4 is 87.2 Å². The Hall–Kier alpha value is -8.24. The van der Waals surface area contributed by atoms with Gasteiger partial charge in [0.05, 0.1) is 0 Å². The Balaban J connectivity index is 0.933. The molecular formula is C62H42N2S. The van der Waals surface area contributed by atoms with Crippen LogP contribution in [0.15, 0.2) is 255 Å². The zero-order chi connectivity index (χ0) is 43.1. The molecule has 0 spiro atoms. The minimum absolute atomic E-state index is 1.10. The Labute approximate surface area is 383 Å². The standard InChI is InChI=1S/C62H42N2S/c1-5-15-43(16-6-1)45-25-32-51(33-26-45)63(52-34-27-46(28-35-52)44-17-7-2-8-18-44)53-36-29-47(30-37-53)48-31-39-57-59(41-48)55-23-13-14-24-56(55)61-58-40-38-54(42-60(58)65-62(57)61)64(49-19-9-3-10-20-49)50-21-11-4-12-22-50/h1-42H. The summed E-state index contributed by atoms with van der Waals surface area (Å²) in [4.78, 5) is 4.70. The molecule has 0 unspecified atom stereocenters. The number of nitrogens with zero attached hydrogens (tertiary/aromatic N) is 2. The summed E-state index contributed by atoms with van der Waals surface area (Å²) in [5.74, 6) is 0. The summed E-state index contributed by atoms with van der Waals surface area (Å²) in [6.07, 6.45) is 0. The summed E-state index contributed by atoms with van der Waals surface area (Å²) in [6.45, 7) is 0. The van der Waals surface area contributed by atoms with E-state index >= 15 is 0 Å². The predicted molar refractivity (Wildman–Crippen MR) is 280 cm³/mol. The molecule has 0 amide bonds. The van der Waals surface area contributed by atoms with Gasteiger partial charge in [-0.25, -0.2) is 0 Å². The molecule has 11 aromatic carbocycles. The third-order valence-corrected chi connectivity index (χ3v) is 13.8. The van der Waals surface area contributed by atoms with E-state index in [0.717, 1.165) is 34.1 Å². The first kappa shape index (κ1) is 38.4. The SMILES string of the molecule is c1ccc(-c2ccc(N(c3ccc(-c4ccccc4)cc3)c3ccc(-c4ccc5c(c4)c4ccccc4c4c6ccc(N(c7ccccc7)c7ccccc7)cc6sc54)cc3)cc2)cc1. The van der Waals surface area contributed by atoms with Crippen molar-refractivity contribution in [1.29, 1.82) is 0 Å². The molecule has 1 heterocycles. The van der Waals surface area contributed by atoms with Gasteiger partial charge in [0.1, 0.15) is 0 Å². The van der Waals surface area contributed by atoms with E-state index in [2.05, 4.69) is 265 Å². The van der Waals surface area contributed by atoms with Crippen LogP contribution in [0.4, 0.5) is 34.1 Å². The molecule has 12 aromatic rings. The molecule has 2 nitrogen and oxygen atoms in total. The number of hydrogen-bond donors (Lipinski definition) is 0. The lowest BCUT2D eigenvalue weighted by Crippen LogP contribution is -2.09. The van der Waals surface area contributed by atoms with Gasteiger partial charge < -0.3 is 9.80 Å². The van der Waals surface area contributed by atoms with Crippen molar-refractivity contribution in [2.45, 2.75) is 0 Å². The fourth-order valence-corrected chi connectivity index (χ4v) is 10.8. The monoisotopic (exact) mass is 846 g/mol. The first-order valence-corrected chi connectivity index (χ1v) is 23.0. The maximum absolute atomic E-state index is 2.40. The van der Waals surface area contributed by atoms with Crippen LogP contribution in [-0.2, 0) is 0 Å². The van der Waals surface area contributed by atoms with Crippen LogP contribution in [0.2, 0.25) is 0 Å². The molecule has 0 aliphatic heterocycles. The lowest BCUT2D eigenvalue weighted by molar-refractivity contribution is 1.28. The second kappa shape index (κ2) is 16.5. The molecule has 0 atom stereocenters. The van der Waals surface area contributed by atoms with Gasteiger partial charge in [0.25, 0.3) is 0 Å². The number of fused-ring (bicyclic) bond motifs is 8. The molecule has 12 rings (SSSR count). The number of thiophene rings is 1. The number of benzene rings is 11. The Morgan fingerprint density at radius 1 is 0.231 bits per heavy atom. The summed E-state index contributed by atoms with van der Waals surface area (Å²) in [5, 5.41) is 7.75. The maximum atomic E-state index is 2.40. The van der Waals surface area contributed by atoms with E-state index in [-0.39, 0.29) is 0 Å². The first-order valence-electron chi connectivity index (χ1n) is 22.2. The highest BCUT2D eigenvalue weighted by molar-refractivity contribution is 7.27. The van der Waals surface area contributed by atoms with Crippen molar-refractivity contribution in [2.24, 2.45) is 0 Å². The zero-order valence-corrected chi connectivity index (χ0v) is 36.4. The van der Waals surface area contributed by atoms with Crippen molar-refractivity contribution in [2.75, 3.05) is 9.80 Å². The fraction of sp³-hybridized carbons (Fsp3) is 0. The van der Waals surface area contributed by atoms with E-state index in [9.17, 15) is 0 Å². The van der Waals surface area contributed by atoms with Gasteiger partial charge in [0.2, 0.25) is 0 Å². The van der Waals surface area contributed by atoms with Crippen LogP contribution < -0.4 is 9.80 Å². The van der Waals surface area contributed by atoms with Crippen LogP contribution >= 0.6 is 11.3 Å². The van der Waals surface area contributed by atoms with Gasteiger partial charge in [-0.1, -0.05) is 176 Å². The first-order chi connectivity index (χ1) is 32.2. The minimum Gasteiger partial charge on any atom is -0.311 e. The predicted octanol–water partition coefficient (Wildman–Crippen LogP) is 18.3. The lowest BCUT2D eigenvalue weighted by Gasteiger charge is -2.26. The minimum atomic E-state index is 1.10. The van der Waals surface area contributed by atoms with E-state index in [0.29, 0.717) is 0 Å². The number of anilines is 6. The van der Waals surface area contributed by atoms with E-state index in [1.165, 1.54) is 75.1 Å². The average Bonchev–Trinajstić information content (AvgIpc) is 3.78. The molecule has 65 heavy (non-hydrogen) atoms. The number of rotatable bonds is 9. The normalized spacial score (nSPS) is 11.4. The Morgan fingerprint density at radius 3 is 1.12 bits per heavy atom. The molecule has 0 bridgehead atoms. The van der Waals surface area contributed by atoms with Crippen LogP contribution in [-0.4, -0.2) is 0 Å². The van der Waals surface area contributed by atoms with Gasteiger partial charge in [-0.15, -0.1) is 11.3 Å². The lowest BCUT2D eigenvalue weighted by atomic mass is 9.94. The average molecular weight is 847 g/mol. The highest BCUT2D eigenvalue weighted by Gasteiger charge is 2.19. The van der Waals surface area contributed by atoms with Gasteiger partial charge in [-0.05, 0) is 128 Å². The highest BCUT2D eigenvalue weighted by atomic mass is 32.1. The molecule has 0 N–H and O–H groups in total. The van der Waals surface area contributed by atoms with Crippen LogP contribution in [0.5, 0.6) is 0 Å². The van der Waals surface area contributed by atoms with Crippen molar-refractivity contribution < 1.29 is 0 Å². The van der Waals surface area contributed by atoms with Gasteiger partial charge in [0, 0.05) is 59.7 Å². The van der Waals surface area contributed by atoms with Crippen molar-refractivity contribution in [3.8, 4) is 33.4 Å². The molecule has 0 radical (unpaired) electrons. The third-order valence-electron chi connectivity index (χ3n) is 12.6. The fourth-order valence-electron chi connectivity index (χ4n) is 9.48. The molecule has 306 valence electrons. The largest absolute Gasteiger partial charge is 0.311 e. The Kier molecular flexibility index (Phi) is 9.74. The Bertz CT molecular complexity index is 3480. The zero-order valence-electron chi connectivity index (χ0n) is 35.6. The molecule has 3 heteroatoms. The summed E-state index contributed by atoms with van der Waals surface area (Å²) in [6, 6.07) is 92.3. The second-order valence-corrected chi connectivity index (χ2v) is 17.6. The second-order valence-electron chi connectivity index (χ2n) is 16.5. The topological polar surface area (TPSA) is 6.48 Å². The van der Waals surface area contributed by atoms with Gasteiger partial charge in [0.15, 0.2) is 0 Å².